The first-order valence-electron chi connectivity index (χ1n) is 6.32. The lowest BCUT2D eigenvalue weighted by atomic mass is 10.0. The van der Waals surface area contributed by atoms with Crippen LogP contribution in [0, 0.1) is 0 Å². The highest BCUT2D eigenvalue weighted by atomic mass is 32.1. The number of nitrogens with one attached hydrogen (secondary N) is 1. The molecular weight excluding hydrogens is 244 g/mol. The highest BCUT2D eigenvalue weighted by Crippen LogP contribution is 2.18. The van der Waals surface area contributed by atoms with Crippen molar-refractivity contribution in [3.8, 4) is 0 Å². The zero-order valence-corrected chi connectivity index (χ0v) is 12.0. The SMILES string of the molecule is CC(C(=O)N(Cc1cccs1)C(C)C)=C1CNC1. The summed E-state index contributed by atoms with van der Waals surface area (Å²) >= 11 is 1.70. The van der Waals surface area contributed by atoms with E-state index in [0.717, 1.165) is 18.7 Å². The monoisotopic (exact) mass is 264 g/mol. The van der Waals surface area contributed by atoms with E-state index in [1.54, 1.807) is 11.3 Å². The summed E-state index contributed by atoms with van der Waals surface area (Å²) in [7, 11) is 0. The van der Waals surface area contributed by atoms with Crippen LogP contribution in [-0.4, -0.2) is 29.9 Å². The molecule has 18 heavy (non-hydrogen) atoms. The first-order valence-corrected chi connectivity index (χ1v) is 7.20. The fourth-order valence-electron chi connectivity index (χ4n) is 1.94. The Morgan fingerprint density at radius 3 is 2.67 bits per heavy atom. The summed E-state index contributed by atoms with van der Waals surface area (Å²) in [5.41, 5.74) is 2.16. The number of hydrogen-bond acceptors (Lipinski definition) is 3. The number of carbonyl (C=O) groups excluding carboxylic acids is 1. The van der Waals surface area contributed by atoms with Crippen LogP contribution in [0.5, 0.6) is 0 Å². The molecule has 3 nitrogen and oxygen atoms in total. The summed E-state index contributed by atoms with van der Waals surface area (Å²) in [4.78, 5) is 15.7. The summed E-state index contributed by atoms with van der Waals surface area (Å²) in [5, 5.41) is 5.24. The van der Waals surface area contributed by atoms with E-state index in [0.29, 0.717) is 6.54 Å². The second kappa shape index (κ2) is 5.67. The maximum absolute atomic E-state index is 12.5. The molecule has 0 bridgehead atoms. The van der Waals surface area contributed by atoms with Gasteiger partial charge in [-0.15, -0.1) is 11.3 Å². The summed E-state index contributed by atoms with van der Waals surface area (Å²) < 4.78 is 0. The third-order valence-corrected chi connectivity index (χ3v) is 4.18. The van der Waals surface area contributed by atoms with Crippen molar-refractivity contribution in [2.45, 2.75) is 33.4 Å². The lowest BCUT2D eigenvalue weighted by Gasteiger charge is -2.29. The van der Waals surface area contributed by atoms with E-state index in [-0.39, 0.29) is 11.9 Å². The third kappa shape index (κ3) is 2.82. The molecule has 0 aliphatic carbocycles. The van der Waals surface area contributed by atoms with Crippen LogP contribution < -0.4 is 5.32 Å². The van der Waals surface area contributed by atoms with Gasteiger partial charge in [-0.2, -0.15) is 0 Å². The van der Waals surface area contributed by atoms with Crippen LogP contribution in [0.1, 0.15) is 25.6 Å². The summed E-state index contributed by atoms with van der Waals surface area (Å²) in [5.74, 6) is 0.176. The Morgan fingerprint density at radius 1 is 1.50 bits per heavy atom. The molecule has 2 rings (SSSR count). The maximum atomic E-state index is 12.5. The van der Waals surface area contributed by atoms with E-state index in [9.17, 15) is 4.79 Å². The molecule has 0 saturated carbocycles. The van der Waals surface area contributed by atoms with Crippen molar-refractivity contribution in [2.75, 3.05) is 13.1 Å². The average Bonchev–Trinajstić information content (AvgIpc) is 2.74. The van der Waals surface area contributed by atoms with Crippen LogP contribution in [0.3, 0.4) is 0 Å². The molecule has 1 aliphatic heterocycles. The van der Waals surface area contributed by atoms with Crippen molar-refractivity contribution < 1.29 is 4.79 Å². The Balaban J connectivity index is 2.12. The van der Waals surface area contributed by atoms with E-state index in [2.05, 4.69) is 30.6 Å². The molecule has 1 fully saturated rings. The molecule has 1 amide bonds. The minimum atomic E-state index is 0.176. The largest absolute Gasteiger partial charge is 0.331 e. The maximum Gasteiger partial charge on any atom is 0.250 e. The van der Waals surface area contributed by atoms with Gasteiger partial charge < -0.3 is 10.2 Å². The van der Waals surface area contributed by atoms with Crippen LogP contribution in [0.4, 0.5) is 0 Å². The Hall–Kier alpha value is -1.13. The standard InChI is InChI=1S/C14H20N2OS/c1-10(2)16(9-13-5-4-6-18-13)14(17)11(3)12-7-15-8-12/h4-6,10,15H,7-9H2,1-3H3. The minimum absolute atomic E-state index is 0.176. The summed E-state index contributed by atoms with van der Waals surface area (Å²) in [6.07, 6.45) is 0. The Labute approximate surface area is 112 Å². The average molecular weight is 264 g/mol. The van der Waals surface area contributed by atoms with E-state index >= 15 is 0 Å². The number of hydrogen-bond donors (Lipinski definition) is 1. The summed E-state index contributed by atoms with van der Waals surface area (Å²) in [6, 6.07) is 4.34. The third-order valence-electron chi connectivity index (χ3n) is 3.32. The normalized spacial score (nSPS) is 14.6. The van der Waals surface area contributed by atoms with Gasteiger partial charge in [-0.3, -0.25) is 4.79 Å². The van der Waals surface area contributed by atoms with Gasteiger partial charge in [0.05, 0.1) is 6.54 Å². The minimum Gasteiger partial charge on any atom is -0.331 e. The van der Waals surface area contributed by atoms with Crippen molar-refractivity contribution in [1.82, 2.24) is 10.2 Å². The van der Waals surface area contributed by atoms with Crippen LogP contribution >= 0.6 is 11.3 Å². The second-order valence-electron chi connectivity index (χ2n) is 4.94. The van der Waals surface area contributed by atoms with E-state index < -0.39 is 0 Å². The molecule has 0 aromatic carbocycles. The molecule has 1 N–H and O–H groups in total. The number of rotatable bonds is 4. The summed E-state index contributed by atoms with van der Waals surface area (Å²) in [6.45, 7) is 8.53. The van der Waals surface area contributed by atoms with Gasteiger partial charge in [-0.1, -0.05) is 6.07 Å². The number of thiophene rings is 1. The van der Waals surface area contributed by atoms with Crippen LogP contribution in [0.25, 0.3) is 0 Å². The number of carbonyl (C=O) groups is 1. The van der Waals surface area contributed by atoms with Gasteiger partial charge in [0.1, 0.15) is 0 Å². The zero-order chi connectivity index (χ0) is 13.1. The first kappa shape index (κ1) is 13.3. The van der Waals surface area contributed by atoms with Crippen molar-refractivity contribution >= 4 is 17.2 Å². The van der Waals surface area contributed by atoms with Gasteiger partial charge in [0.25, 0.3) is 0 Å². The zero-order valence-electron chi connectivity index (χ0n) is 11.2. The molecule has 0 spiro atoms. The molecule has 0 radical (unpaired) electrons. The Kier molecular flexibility index (Phi) is 4.19. The lowest BCUT2D eigenvalue weighted by molar-refractivity contribution is -0.129. The van der Waals surface area contributed by atoms with Crippen molar-refractivity contribution in [3.63, 3.8) is 0 Å². The highest BCUT2D eigenvalue weighted by molar-refractivity contribution is 7.09. The number of nitrogens with zero attached hydrogens (tertiary/aromatic N) is 1. The topological polar surface area (TPSA) is 32.3 Å². The predicted molar refractivity (Wildman–Crippen MR) is 75.6 cm³/mol. The molecule has 1 aromatic heterocycles. The molecule has 0 unspecified atom stereocenters. The number of amides is 1. The molecular formula is C14H20N2OS. The van der Waals surface area contributed by atoms with Gasteiger partial charge in [0.2, 0.25) is 5.91 Å². The Morgan fingerprint density at radius 2 is 2.22 bits per heavy atom. The van der Waals surface area contributed by atoms with Crippen LogP contribution in [0.15, 0.2) is 28.7 Å². The van der Waals surface area contributed by atoms with Crippen molar-refractivity contribution in [3.05, 3.63) is 33.5 Å². The lowest BCUT2D eigenvalue weighted by Crippen LogP contribution is -2.41. The molecule has 1 saturated heterocycles. The van der Waals surface area contributed by atoms with Gasteiger partial charge in [-0.05, 0) is 37.8 Å². The molecule has 1 aliphatic rings. The molecule has 1 aromatic rings. The molecule has 4 heteroatoms. The van der Waals surface area contributed by atoms with Gasteiger partial charge in [0.15, 0.2) is 0 Å². The van der Waals surface area contributed by atoms with Crippen molar-refractivity contribution in [1.29, 1.82) is 0 Å². The Bertz CT molecular complexity index is 442. The second-order valence-corrected chi connectivity index (χ2v) is 5.97. The first-order chi connectivity index (χ1) is 8.59. The highest BCUT2D eigenvalue weighted by Gasteiger charge is 2.23. The van der Waals surface area contributed by atoms with Crippen LogP contribution in [-0.2, 0) is 11.3 Å². The fourth-order valence-corrected chi connectivity index (χ4v) is 2.64. The van der Waals surface area contributed by atoms with E-state index in [4.69, 9.17) is 0 Å². The van der Waals surface area contributed by atoms with Crippen LogP contribution in [0.2, 0.25) is 0 Å². The fraction of sp³-hybridized carbons (Fsp3) is 0.500. The van der Waals surface area contributed by atoms with Gasteiger partial charge in [0, 0.05) is 29.6 Å². The smallest absolute Gasteiger partial charge is 0.250 e. The van der Waals surface area contributed by atoms with E-state index in [1.807, 2.05) is 17.9 Å². The van der Waals surface area contributed by atoms with Gasteiger partial charge in [-0.25, -0.2) is 0 Å². The quantitative estimate of drug-likeness (QED) is 0.847. The van der Waals surface area contributed by atoms with E-state index in [1.165, 1.54) is 10.5 Å². The molecule has 2 heterocycles. The predicted octanol–water partition coefficient (Wildman–Crippen LogP) is 2.40. The molecule has 98 valence electrons. The van der Waals surface area contributed by atoms with Crippen molar-refractivity contribution in [2.24, 2.45) is 0 Å². The van der Waals surface area contributed by atoms with Gasteiger partial charge >= 0.3 is 0 Å². The molecule has 0 atom stereocenters.